The summed E-state index contributed by atoms with van der Waals surface area (Å²) in [6.07, 6.45) is 2.45. The molecule has 0 spiro atoms. The van der Waals surface area contributed by atoms with Crippen LogP contribution in [-0.2, 0) is 14.3 Å². The normalized spacial score (nSPS) is 22.5. The minimum atomic E-state index is -0.525. The van der Waals surface area contributed by atoms with Crippen LogP contribution in [0, 0.1) is 0 Å². The Bertz CT molecular complexity index is 189. The van der Waals surface area contributed by atoms with Gasteiger partial charge in [0.05, 0.1) is 6.26 Å². The van der Waals surface area contributed by atoms with Crippen molar-refractivity contribution in [2.45, 2.75) is 13.2 Å². The van der Waals surface area contributed by atoms with Gasteiger partial charge in [-0.3, -0.25) is 0 Å². The Morgan fingerprint density at radius 3 is 3.30 bits per heavy atom. The molecule has 1 rings (SSSR count). The average Bonchev–Trinajstić information content (AvgIpc) is 2.36. The Labute approximate surface area is 58.9 Å². The third-order valence-electron chi connectivity index (χ3n) is 1.14. The summed E-state index contributed by atoms with van der Waals surface area (Å²) in [5, 5.41) is 0. The van der Waals surface area contributed by atoms with E-state index in [0.29, 0.717) is 12.2 Å². The smallest absolute Gasteiger partial charge is 0.236 e. The highest BCUT2D eigenvalue weighted by molar-refractivity contribution is 5.59. The molecule has 0 aromatic rings. The van der Waals surface area contributed by atoms with Crippen molar-refractivity contribution in [2.75, 3.05) is 6.61 Å². The lowest BCUT2D eigenvalue weighted by Gasteiger charge is -2.08. The standard InChI is InChI=1S/C7H8O3/c1-2-9-7-6(5-8)3-4-10-7/h3-4,7H,2H2,1H3. The van der Waals surface area contributed by atoms with E-state index in [4.69, 9.17) is 9.47 Å². The van der Waals surface area contributed by atoms with E-state index in [1.807, 2.05) is 6.92 Å². The van der Waals surface area contributed by atoms with E-state index in [2.05, 4.69) is 0 Å². The van der Waals surface area contributed by atoms with Crippen molar-refractivity contribution < 1.29 is 14.3 Å². The fourth-order valence-corrected chi connectivity index (χ4v) is 0.698. The molecular weight excluding hydrogens is 132 g/mol. The molecule has 10 heavy (non-hydrogen) atoms. The van der Waals surface area contributed by atoms with Crippen LogP contribution in [0.5, 0.6) is 0 Å². The Hall–Kier alpha value is -1.05. The molecule has 54 valence electrons. The van der Waals surface area contributed by atoms with Crippen molar-refractivity contribution in [1.82, 2.24) is 0 Å². The summed E-state index contributed by atoms with van der Waals surface area (Å²) in [7, 11) is 0. The largest absolute Gasteiger partial charge is 0.467 e. The van der Waals surface area contributed by atoms with E-state index in [9.17, 15) is 4.79 Å². The van der Waals surface area contributed by atoms with E-state index in [1.54, 1.807) is 12.0 Å². The third kappa shape index (κ3) is 1.26. The van der Waals surface area contributed by atoms with Gasteiger partial charge in [-0.2, -0.15) is 0 Å². The van der Waals surface area contributed by atoms with Crippen molar-refractivity contribution in [1.29, 1.82) is 0 Å². The molecular formula is C7H8O3. The monoisotopic (exact) mass is 140 g/mol. The molecule has 0 aromatic carbocycles. The number of rotatable bonds is 2. The summed E-state index contributed by atoms with van der Waals surface area (Å²) in [5.74, 6) is 1.73. The van der Waals surface area contributed by atoms with Crippen molar-refractivity contribution in [3.8, 4) is 0 Å². The Morgan fingerprint density at radius 1 is 1.90 bits per heavy atom. The molecule has 1 aliphatic heterocycles. The highest BCUT2D eigenvalue weighted by Gasteiger charge is 2.17. The summed E-state index contributed by atoms with van der Waals surface area (Å²) < 4.78 is 9.92. The van der Waals surface area contributed by atoms with Gasteiger partial charge in [-0.1, -0.05) is 0 Å². The van der Waals surface area contributed by atoms with Crippen LogP contribution < -0.4 is 0 Å². The van der Waals surface area contributed by atoms with Gasteiger partial charge < -0.3 is 9.47 Å². The number of hydrogen-bond donors (Lipinski definition) is 0. The summed E-state index contributed by atoms with van der Waals surface area (Å²) in [6.45, 7) is 2.36. The van der Waals surface area contributed by atoms with E-state index in [1.165, 1.54) is 6.26 Å². The van der Waals surface area contributed by atoms with Gasteiger partial charge in [0, 0.05) is 6.61 Å². The molecule has 0 bridgehead atoms. The zero-order valence-electron chi connectivity index (χ0n) is 5.66. The predicted octanol–water partition coefficient (Wildman–Crippen LogP) is 0.651. The lowest BCUT2D eigenvalue weighted by molar-refractivity contribution is -0.0634. The second kappa shape index (κ2) is 3.20. The van der Waals surface area contributed by atoms with E-state index in [-0.39, 0.29) is 0 Å². The van der Waals surface area contributed by atoms with Gasteiger partial charge >= 0.3 is 0 Å². The van der Waals surface area contributed by atoms with Gasteiger partial charge in [-0.15, -0.1) is 0 Å². The first-order valence-corrected chi connectivity index (χ1v) is 3.07. The van der Waals surface area contributed by atoms with Crippen LogP contribution in [0.25, 0.3) is 0 Å². The van der Waals surface area contributed by atoms with Crippen molar-refractivity contribution >= 4 is 5.94 Å². The van der Waals surface area contributed by atoms with Gasteiger partial charge in [-0.25, -0.2) is 4.79 Å². The van der Waals surface area contributed by atoms with Crippen LogP contribution in [0.15, 0.2) is 17.9 Å². The summed E-state index contributed by atoms with van der Waals surface area (Å²) in [5.41, 5.74) is 0.418. The predicted molar refractivity (Wildman–Crippen MR) is 34.8 cm³/mol. The molecule has 1 aliphatic rings. The van der Waals surface area contributed by atoms with Crippen molar-refractivity contribution in [3.63, 3.8) is 0 Å². The molecule has 1 unspecified atom stereocenters. The Kier molecular flexibility index (Phi) is 2.26. The molecule has 3 nitrogen and oxygen atoms in total. The SMILES string of the molecule is CCOC1OC=CC1=C=O. The third-order valence-corrected chi connectivity index (χ3v) is 1.14. The zero-order chi connectivity index (χ0) is 7.40. The summed E-state index contributed by atoms with van der Waals surface area (Å²) in [6, 6.07) is 0. The maximum Gasteiger partial charge on any atom is 0.236 e. The quantitative estimate of drug-likeness (QED) is 0.528. The average molecular weight is 140 g/mol. The molecule has 0 saturated carbocycles. The Morgan fingerprint density at radius 2 is 2.70 bits per heavy atom. The minimum Gasteiger partial charge on any atom is -0.467 e. The second-order valence-corrected chi connectivity index (χ2v) is 1.78. The van der Waals surface area contributed by atoms with Gasteiger partial charge in [0.1, 0.15) is 11.5 Å². The van der Waals surface area contributed by atoms with Gasteiger partial charge in [0.2, 0.25) is 6.29 Å². The molecule has 0 saturated heterocycles. The highest BCUT2D eigenvalue weighted by atomic mass is 16.7. The van der Waals surface area contributed by atoms with Crippen LogP contribution in [0.1, 0.15) is 6.92 Å². The van der Waals surface area contributed by atoms with Crippen molar-refractivity contribution in [3.05, 3.63) is 17.9 Å². The van der Waals surface area contributed by atoms with Crippen LogP contribution in [0.3, 0.4) is 0 Å². The molecule has 3 heteroatoms. The Balaban J connectivity index is 2.57. The lowest BCUT2D eigenvalue weighted by atomic mass is 10.3. The fourth-order valence-electron chi connectivity index (χ4n) is 0.698. The number of ether oxygens (including phenoxy) is 2. The van der Waals surface area contributed by atoms with Gasteiger partial charge in [-0.05, 0) is 13.0 Å². The first kappa shape index (κ1) is 7.06. The number of carbonyl (C=O) groups excluding carboxylic acids is 1. The molecule has 0 fully saturated rings. The van der Waals surface area contributed by atoms with Crippen LogP contribution >= 0.6 is 0 Å². The topological polar surface area (TPSA) is 35.5 Å². The summed E-state index contributed by atoms with van der Waals surface area (Å²) >= 11 is 0. The van der Waals surface area contributed by atoms with Crippen LogP contribution in [0.2, 0.25) is 0 Å². The van der Waals surface area contributed by atoms with Gasteiger partial charge in [0.25, 0.3) is 0 Å². The molecule has 0 N–H and O–H groups in total. The fraction of sp³-hybridized carbons (Fsp3) is 0.429. The lowest BCUT2D eigenvalue weighted by Crippen LogP contribution is -2.12. The highest BCUT2D eigenvalue weighted by Crippen LogP contribution is 2.14. The number of hydrogen-bond acceptors (Lipinski definition) is 3. The van der Waals surface area contributed by atoms with E-state index < -0.39 is 6.29 Å². The zero-order valence-corrected chi connectivity index (χ0v) is 5.66. The molecule has 1 heterocycles. The summed E-state index contributed by atoms with van der Waals surface area (Å²) in [4.78, 5) is 10.1. The maximum absolute atomic E-state index is 10.1. The molecule has 0 aromatic heterocycles. The first-order valence-electron chi connectivity index (χ1n) is 3.07. The van der Waals surface area contributed by atoms with Gasteiger partial charge in [0.15, 0.2) is 0 Å². The first-order chi connectivity index (χ1) is 4.88. The van der Waals surface area contributed by atoms with E-state index >= 15 is 0 Å². The van der Waals surface area contributed by atoms with Crippen molar-refractivity contribution in [2.24, 2.45) is 0 Å². The molecule has 0 aliphatic carbocycles. The molecule has 1 atom stereocenters. The maximum atomic E-state index is 10.1. The van der Waals surface area contributed by atoms with Crippen LogP contribution in [-0.4, -0.2) is 18.8 Å². The van der Waals surface area contributed by atoms with Crippen LogP contribution in [0.4, 0.5) is 0 Å². The van der Waals surface area contributed by atoms with E-state index in [0.717, 1.165) is 0 Å². The second-order valence-electron chi connectivity index (χ2n) is 1.78. The molecule has 0 amide bonds. The molecule has 0 radical (unpaired) electrons. The minimum absolute atomic E-state index is 0.418.